The topological polar surface area (TPSA) is 111 Å². The standard InChI is InChI=1S/C23H23N7O2/c1-14-13-15(2)30(28-14)21-12-11-20(26-27-21)24-16-7-9-17(10-8-16)25-23(31)22-18-5-3-4-6-19(18)32-29-22/h7-13H,3-6H2,1-2H3,(H,24,26)(H,25,31). The van der Waals surface area contributed by atoms with Crippen molar-refractivity contribution in [2.75, 3.05) is 10.6 Å². The van der Waals surface area contributed by atoms with Gasteiger partial charge in [0.1, 0.15) is 5.76 Å². The van der Waals surface area contributed by atoms with Crippen molar-refractivity contribution in [1.82, 2.24) is 25.1 Å². The lowest BCUT2D eigenvalue weighted by atomic mass is 9.96. The maximum Gasteiger partial charge on any atom is 0.278 e. The van der Waals surface area contributed by atoms with Crippen LogP contribution in [-0.2, 0) is 12.8 Å². The number of hydrogen-bond acceptors (Lipinski definition) is 7. The van der Waals surface area contributed by atoms with Crippen LogP contribution in [0.15, 0.2) is 47.0 Å². The first-order chi connectivity index (χ1) is 15.6. The van der Waals surface area contributed by atoms with Crippen LogP contribution in [-0.4, -0.2) is 31.0 Å². The Morgan fingerprint density at radius 3 is 2.50 bits per heavy atom. The summed E-state index contributed by atoms with van der Waals surface area (Å²) in [5.41, 5.74) is 4.77. The highest BCUT2D eigenvalue weighted by Crippen LogP contribution is 2.25. The molecule has 0 atom stereocenters. The van der Waals surface area contributed by atoms with E-state index in [4.69, 9.17) is 4.52 Å². The average Bonchev–Trinajstić information content (AvgIpc) is 3.38. The van der Waals surface area contributed by atoms with Crippen molar-refractivity contribution in [2.45, 2.75) is 39.5 Å². The predicted molar refractivity (Wildman–Crippen MR) is 119 cm³/mol. The fourth-order valence-corrected chi connectivity index (χ4v) is 3.90. The maximum absolute atomic E-state index is 12.6. The molecule has 0 fully saturated rings. The van der Waals surface area contributed by atoms with Crippen LogP contribution in [0.2, 0.25) is 0 Å². The number of fused-ring (bicyclic) bond motifs is 1. The zero-order valence-corrected chi connectivity index (χ0v) is 17.9. The van der Waals surface area contributed by atoms with Crippen molar-refractivity contribution in [3.8, 4) is 5.82 Å². The van der Waals surface area contributed by atoms with Gasteiger partial charge in [-0.2, -0.15) is 5.10 Å². The molecule has 1 amide bonds. The quantitative estimate of drug-likeness (QED) is 0.490. The number of aromatic nitrogens is 5. The lowest BCUT2D eigenvalue weighted by Crippen LogP contribution is -2.15. The number of hydrogen-bond donors (Lipinski definition) is 2. The monoisotopic (exact) mass is 429 g/mol. The number of carbonyl (C=O) groups excluding carboxylic acids is 1. The Kier molecular flexibility index (Phi) is 5.14. The van der Waals surface area contributed by atoms with E-state index in [0.717, 1.165) is 54.1 Å². The number of anilines is 3. The molecule has 9 heteroatoms. The second kappa shape index (κ2) is 8.26. The molecule has 0 saturated heterocycles. The summed E-state index contributed by atoms with van der Waals surface area (Å²) in [7, 11) is 0. The molecule has 2 N–H and O–H groups in total. The van der Waals surface area contributed by atoms with E-state index >= 15 is 0 Å². The third kappa shape index (κ3) is 3.96. The largest absolute Gasteiger partial charge is 0.360 e. The summed E-state index contributed by atoms with van der Waals surface area (Å²) in [6.45, 7) is 3.92. The first kappa shape index (κ1) is 19.9. The third-order valence-electron chi connectivity index (χ3n) is 5.46. The molecule has 0 unspecified atom stereocenters. The van der Waals surface area contributed by atoms with Crippen molar-refractivity contribution in [3.05, 3.63) is 70.9 Å². The minimum atomic E-state index is -0.247. The molecule has 0 radical (unpaired) electrons. The maximum atomic E-state index is 12.6. The van der Waals surface area contributed by atoms with E-state index < -0.39 is 0 Å². The number of amides is 1. The van der Waals surface area contributed by atoms with Crippen molar-refractivity contribution in [1.29, 1.82) is 0 Å². The molecular weight excluding hydrogens is 406 g/mol. The molecule has 162 valence electrons. The van der Waals surface area contributed by atoms with Crippen molar-refractivity contribution >= 4 is 23.1 Å². The summed E-state index contributed by atoms with van der Waals surface area (Å²) >= 11 is 0. The number of benzene rings is 1. The molecule has 4 aromatic rings. The van der Waals surface area contributed by atoms with Crippen LogP contribution >= 0.6 is 0 Å². The van der Waals surface area contributed by atoms with Gasteiger partial charge in [0.05, 0.1) is 5.69 Å². The number of carbonyl (C=O) groups is 1. The van der Waals surface area contributed by atoms with Crippen LogP contribution in [0.1, 0.15) is 46.0 Å². The molecule has 0 aliphatic heterocycles. The first-order valence-corrected chi connectivity index (χ1v) is 10.6. The fourth-order valence-electron chi connectivity index (χ4n) is 3.90. The second-order valence-electron chi connectivity index (χ2n) is 7.91. The zero-order valence-electron chi connectivity index (χ0n) is 17.9. The SMILES string of the molecule is Cc1cc(C)n(-c2ccc(Nc3ccc(NC(=O)c4noc5c4CCCC5)cc3)nn2)n1. The Balaban J connectivity index is 1.23. The highest BCUT2D eigenvalue weighted by molar-refractivity contribution is 6.04. The molecule has 1 aromatic carbocycles. The molecule has 0 bridgehead atoms. The lowest BCUT2D eigenvalue weighted by Gasteiger charge is -2.10. The van der Waals surface area contributed by atoms with Gasteiger partial charge in [-0.3, -0.25) is 4.79 Å². The first-order valence-electron chi connectivity index (χ1n) is 10.6. The number of rotatable bonds is 5. The minimum absolute atomic E-state index is 0.247. The van der Waals surface area contributed by atoms with Crippen LogP contribution in [0, 0.1) is 13.8 Å². The van der Waals surface area contributed by atoms with E-state index in [2.05, 4.69) is 31.1 Å². The van der Waals surface area contributed by atoms with Crippen molar-refractivity contribution in [3.63, 3.8) is 0 Å². The molecule has 0 spiro atoms. The summed E-state index contributed by atoms with van der Waals surface area (Å²) < 4.78 is 7.10. The van der Waals surface area contributed by atoms with E-state index in [9.17, 15) is 4.79 Å². The summed E-state index contributed by atoms with van der Waals surface area (Å²) in [6, 6.07) is 13.1. The van der Waals surface area contributed by atoms with Gasteiger partial charge in [0.2, 0.25) is 0 Å². The zero-order chi connectivity index (χ0) is 22.1. The molecule has 5 rings (SSSR count). The third-order valence-corrected chi connectivity index (χ3v) is 5.46. The van der Waals surface area contributed by atoms with Crippen LogP contribution in [0.3, 0.4) is 0 Å². The summed E-state index contributed by atoms with van der Waals surface area (Å²) in [5, 5.41) is 23.0. The van der Waals surface area contributed by atoms with Gasteiger partial charge >= 0.3 is 0 Å². The predicted octanol–water partition coefficient (Wildman–Crippen LogP) is 4.14. The van der Waals surface area contributed by atoms with Crippen molar-refractivity contribution < 1.29 is 9.32 Å². The van der Waals surface area contributed by atoms with E-state index in [-0.39, 0.29) is 5.91 Å². The highest BCUT2D eigenvalue weighted by Gasteiger charge is 2.24. The van der Waals surface area contributed by atoms with Crippen LogP contribution in [0.5, 0.6) is 0 Å². The fraction of sp³-hybridized carbons (Fsp3) is 0.261. The molecule has 3 heterocycles. The van der Waals surface area contributed by atoms with E-state index in [0.29, 0.717) is 23.0 Å². The van der Waals surface area contributed by atoms with E-state index in [1.807, 2.05) is 56.3 Å². The Labute approximate surface area is 184 Å². The molecule has 9 nitrogen and oxygen atoms in total. The second-order valence-corrected chi connectivity index (χ2v) is 7.91. The van der Waals surface area contributed by atoms with Crippen LogP contribution < -0.4 is 10.6 Å². The van der Waals surface area contributed by atoms with Crippen LogP contribution in [0.25, 0.3) is 5.82 Å². The number of nitrogens with one attached hydrogen (secondary N) is 2. The Morgan fingerprint density at radius 2 is 1.78 bits per heavy atom. The van der Waals surface area contributed by atoms with Gasteiger partial charge in [0.15, 0.2) is 17.3 Å². The number of nitrogens with zero attached hydrogens (tertiary/aromatic N) is 5. The van der Waals surface area contributed by atoms with Crippen LogP contribution in [0.4, 0.5) is 17.2 Å². The molecule has 3 aromatic heterocycles. The Hall–Kier alpha value is -4.01. The Bertz CT molecular complexity index is 1260. The summed E-state index contributed by atoms with van der Waals surface area (Å²) in [4.78, 5) is 12.6. The molecule has 32 heavy (non-hydrogen) atoms. The highest BCUT2D eigenvalue weighted by atomic mass is 16.5. The van der Waals surface area contributed by atoms with E-state index in [1.165, 1.54) is 0 Å². The normalized spacial score (nSPS) is 12.9. The van der Waals surface area contributed by atoms with Gasteiger partial charge in [-0.05, 0) is 75.6 Å². The molecule has 0 saturated carbocycles. The molecule has 1 aliphatic carbocycles. The van der Waals surface area contributed by atoms with Gasteiger partial charge in [-0.1, -0.05) is 5.16 Å². The summed E-state index contributed by atoms with van der Waals surface area (Å²) in [6.07, 6.45) is 3.82. The Morgan fingerprint density at radius 1 is 1.00 bits per heavy atom. The summed E-state index contributed by atoms with van der Waals surface area (Å²) in [5.74, 6) is 1.87. The van der Waals surface area contributed by atoms with E-state index in [1.54, 1.807) is 4.68 Å². The van der Waals surface area contributed by atoms with Gasteiger partial charge in [-0.15, -0.1) is 10.2 Å². The lowest BCUT2D eigenvalue weighted by molar-refractivity contribution is 0.101. The van der Waals surface area contributed by atoms with Gasteiger partial charge < -0.3 is 15.2 Å². The van der Waals surface area contributed by atoms with Gasteiger partial charge in [0, 0.05) is 29.1 Å². The molecular formula is C23H23N7O2. The number of aryl methyl sites for hydroxylation is 3. The smallest absolute Gasteiger partial charge is 0.278 e. The van der Waals surface area contributed by atoms with Gasteiger partial charge in [0.25, 0.3) is 5.91 Å². The molecule has 1 aliphatic rings. The van der Waals surface area contributed by atoms with Crippen molar-refractivity contribution in [2.24, 2.45) is 0 Å². The average molecular weight is 429 g/mol. The van der Waals surface area contributed by atoms with Gasteiger partial charge in [-0.25, -0.2) is 4.68 Å². The minimum Gasteiger partial charge on any atom is -0.360 e.